The van der Waals surface area contributed by atoms with E-state index in [0.29, 0.717) is 34.3 Å². The first-order valence-corrected chi connectivity index (χ1v) is 7.83. The Labute approximate surface area is 142 Å². The average molecular weight is 347 g/mol. The van der Waals surface area contributed by atoms with Crippen molar-refractivity contribution in [3.05, 3.63) is 47.5 Å². The maximum absolute atomic E-state index is 13.5. The molecule has 0 saturated carbocycles. The molecule has 0 amide bonds. The lowest BCUT2D eigenvalue weighted by Crippen LogP contribution is -2.10. The molecule has 4 nitrogen and oxygen atoms in total. The molecule has 0 radical (unpaired) electrons. The number of Topliss-reactive ketones (excluding diaryl/α,β-unsaturated/α-hetero) is 1. The highest BCUT2D eigenvalue weighted by molar-refractivity contribution is 5.85. The van der Waals surface area contributed by atoms with Crippen molar-refractivity contribution in [2.45, 2.75) is 33.2 Å². The van der Waals surface area contributed by atoms with E-state index < -0.39 is 17.8 Å². The van der Waals surface area contributed by atoms with Crippen molar-refractivity contribution in [1.29, 1.82) is 0 Å². The number of halogens is 3. The molecule has 0 atom stereocenters. The Kier molecular flexibility index (Phi) is 4.57. The number of hydrogen-bond acceptors (Lipinski definition) is 3. The van der Waals surface area contributed by atoms with Crippen LogP contribution in [0.1, 0.15) is 31.0 Å². The van der Waals surface area contributed by atoms with Crippen molar-refractivity contribution in [3.63, 3.8) is 0 Å². The Morgan fingerprint density at radius 1 is 1.24 bits per heavy atom. The molecule has 3 aromatic rings. The molecule has 0 saturated heterocycles. The minimum absolute atomic E-state index is 0.0246. The van der Waals surface area contributed by atoms with Crippen LogP contribution in [-0.4, -0.2) is 20.5 Å². The van der Waals surface area contributed by atoms with Crippen molar-refractivity contribution < 1.29 is 18.0 Å². The molecule has 0 N–H and O–H groups in total. The van der Waals surface area contributed by atoms with Gasteiger partial charge in [-0.25, -0.2) is 13.2 Å². The average Bonchev–Trinajstić information content (AvgIpc) is 2.90. The van der Waals surface area contributed by atoms with Crippen molar-refractivity contribution >= 4 is 16.8 Å². The molecule has 0 bridgehead atoms. The number of benzene rings is 1. The standard InChI is InChI=1S/C18H16F3N3O/c1-3-13(25)9-24-16-7-12(8-22-17(16)10(2)23-24)11-4-5-15(19)14(6-11)18(20)21/h4-8,18H,3,9H2,1-2H3. The number of aromatic nitrogens is 3. The summed E-state index contributed by atoms with van der Waals surface area (Å²) < 4.78 is 40.9. The van der Waals surface area contributed by atoms with Gasteiger partial charge in [-0.2, -0.15) is 5.10 Å². The first-order chi connectivity index (χ1) is 11.9. The molecule has 0 unspecified atom stereocenters. The molecule has 0 aliphatic heterocycles. The van der Waals surface area contributed by atoms with Gasteiger partial charge in [0.25, 0.3) is 6.43 Å². The molecular formula is C18H16F3N3O. The van der Waals surface area contributed by atoms with Crippen LogP contribution in [0.5, 0.6) is 0 Å². The van der Waals surface area contributed by atoms with Crippen LogP contribution >= 0.6 is 0 Å². The number of carbonyl (C=O) groups excluding carboxylic acids is 1. The third kappa shape index (κ3) is 3.26. The molecule has 0 aliphatic carbocycles. The SMILES string of the molecule is CCC(=O)Cn1nc(C)c2ncc(-c3ccc(F)c(C(F)F)c3)cc21. The van der Waals surface area contributed by atoms with Crippen LogP contribution in [-0.2, 0) is 11.3 Å². The summed E-state index contributed by atoms with van der Waals surface area (Å²) in [6.07, 6.45) is -0.971. The van der Waals surface area contributed by atoms with Gasteiger partial charge in [0.1, 0.15) is 17.9 Å². The predicted octanol–water partition coefficient (Wildman–Crippen LogP) is 4.46. The molecule has 25 heavy (non-hydrogen) atoms. The maximum Gasteiger partial charge on any atom is 0.266 e. The molecule has 0 aliphatic rings. The topological polar surface area (TPSA) is 47.8 Å². The van der Waals surface area contributed by atoms with Gasteiger partial charge in [0.15, 0.2) is 5.78 Å². The van der Waals surface area contributed by atoms with Crippen LogP contribution in [0, 0.1) is 12.7 Å². The smallest absolute Gasteiger partial charge is 0.266 e. The van der Waals surface area contributed by atoms with E-state index in [1.54, 1.807) is 24.6 Å². The van der Waals surface area contributed by atoms with Gasteiger partial charge in [-0.3, -0.25) is 14.5 Å². The monoisotopic (exact) mass is 347 g/mol. The maximum atomic E-state index is 13.5. The van der Waals surface area contributed by atoms with Gasteiger partial charge in [-0.05, 0) is 30.7 Å². The lowest BCUT2D eigenvalue weighted by molar-refractivity contribution is -0.119. The molecule has 3 rings (SSSR count). The van der Waals surface area contributed by atoms with Gasteiger partial charge in [0.2, 0.25) is 0 Å². The predicted molar refractivity (Wildman–Crippen MR) is 87.9 cm³/mol. The lowest BCUT2D eigenvalue weighted by atomic mass is 10.0. The van der Waals surface area contributed by atoms with E-state index in [-0.39, 0.29) is 12.3 Å². The Morgan fingerprint density at radius 3 is 2.68 bits per heavy atom. The van der Waals surface area contributed by atoms with Gasteiger partial charge in [0, 0.05) is 18.2 Å². The van der Waals surface area contributed by atoms with Crippen LogP contribution < -0.4 is 0 Å². The Hall–Kier alpha value is -2.70. The zero-order valence-corrected chi connectivity index (χ0v) is 13.8. The van der Waals surface area contributed by atoms with Crippen molar-refractivity contribution in [1.82, 2.24) is 14.8 Å². The number of rotatable bonds is 5. The molecule has 0 fully saturated rings. The molecule has 2 heterocycles. The van der Waals surface area contributed by atoms with Gasteiger partial charge in [0.05, 0.1) is 16.8 Å². The summed E-state index contributed by atoms with van der Waals surface area (Å²) in [5, 5.41) is 4.33. The minimum atomic E-state index is -2.90. The number of aryl methyl sites for hydroxylation is 1. The first kappa shape index (κ1) is 17.1. The van der Waals surface area contributed by atoms with E-state index in [4.69, 9.17) is 0 Å². The second-order valence-electron chi connectivity index (χ2n) is 5.76. The summed E-state index contributed by atoms with van der Waals surface area (Å²) in [7, 11) is 0. The van der Waals surface area contributed by atoms with Crippen molar-refractivity contribution in [3.8, 4) is 11.1 Å². The number of fused-ring (bicyclic) bond motifs is 1. The van der Waals surface area contributed by atoms with Crippen LogP contribution in [0.2, 0.25) is 0 Å². The summed E-state index contributed by atoms with van der Waals surface area (Å²) in [6.45, 7) is 3.68. The fourth-order valence-electron chi connectivity index (χ4n) is 2.66. The highest BCUT2D eigenvalue weighted by Crippen LogP contribution is 2.29. The van der Waals surface area contributed by atoms with Crippen LogP contribution in [0.4, 0.5) is 13.2 Å². The van der Waals surface area contributed by atoms with Crippen LogP contribution in [0.25, 0.3) is 22.2 Å². The highest BCUT2D eigenvalue weighted by atomic mass is 19.3. The number of ketones is 1. The van der Waals surface area contributed by atoms with E-state index in [1.165, 1.54) is 12.3 Å². The van der Waals surface area contributed by atoms with E-state index in [2.05, 4.69) is 10.1 Å². The van der Waals surface area contributed by atoms with Gasteiger partial charge in [-0.15, -0.1) is 0 Å². The molecule has 130 valence electrons. The summed E-state index contributed by atoms with van der Waals surface area (Å²) >= 11 is 0. The largest absolute Gasteiger partial charge is 0.298 e. The number of pyridine rings is 1. The quantitative estimate of drug-likeness (QED) is 0.684. The zero-order valence-electron chi connectivity index (χ0n) is 13.8. The normalized spacial score (nSPS) is 11.4. The summed E-state index contributed by atoms with van der Waals surface area (Å²) in [4.78, 5) is 16.1. The highest BCUT2D eigenvalue weighted by Gasteiger charge is 2.16. The third-order valence-electron chi connectivity index (χ3n) is 4.04. The van der Waals surface area contributed by atoms with E-state index >= 15 is 0 Å². The second kappa shape index (κ2) is 6.66. The first-order valence-electron chi connectivity index (χ1n) is 7.83. The van der Waals surface area contributed by atoms with Crippen molar-refractivity contribution in [2.24, 2.45) is 0 Å². The number of carbonyl (C=O) groups is 1. The summed E-state index contributed by atoms with van der Waals surface area (Å²) in [5.41, 5.74) is 2.29. The fraction of sp³-hybridized carbons (Fsp3) is 0.278. The number of hydrogen-bond donors (Lipinski definition) is 0. The summed E-state index contributed by atoms with van der Waals surface area (Å²) in [6, 6.07) is 5.29. The number of alkyl halides is 2. The van der Waals surface area contributed by atoms with Gasteiger partial charge in [-0.1, -0.05) is 13.0 Å². The molecule has 7 heteroatoms. The lowest BCUT2D eigenvalue weighted by Gasteiger charge is -2.07. The second-order valence-corrected chi connectivity index (χ2v) is 5.76. The Morgan fingerprint density at radius 2 is 2.00 bits per heavy atom. The van der Waals surface area contributed by atoms with E-state index in [9.17, 15) is 18.0 Å². The summed E-state index contributed by atoms with van der Waals surface area (Å²) in [5.74, 6) is -0.918. The van der Waals surface area contributed by atoms with E-state index in [1.807, 2.05) is 0 Å². The van der Waals surface area contributed by atoms with E-state index in [0.717, 1.165) is 12.1 Å². The molecule has 0 spiro atoms. The minimum Gasteiger partial charge on any atom is -0.298 e. The van der Waals surface area contributed by atoms with Gasteiger partial charge < -0.3 is 0 Å². The van der Waals surface area contributed by atoms with Crippen LogP contribution in [0.3, 0.4) is 0 Å². The zero-order chi connectivity index (χ0) is 18.1. The van der Waals surface area contributed by atoms with Gasteiger partial charge >= 0.3 is 0 Å². The fourth-order valence-corrected chi connectivity index (χ4v) is 2.66. The molecule has 1 aromatic carbocycles. The Bertz CT molecular complexity index is 950. The Balaban J connectivity index is 2.10. The number of nitrogens with zero attached hydrogens (tertiary/aromatic N) is 3. The van der Waals surface area contributed by atoms with Crippen molar-refractivity contribution in [2.75, 3.05) is 0 Å². The van der Waals surface area contributed by atoms with Crippen LogP contribution in [0.15, 0.2) is 30.5 Å². The third-order valence-corrected chi connectivity index (χ3v) is 4.04. The molecule has 2 aromatic heterocycles. The molecular weight excluding hydrogens is 331 g/mol.